The van der Waals surface area contributed by atoms with Gasteiger partial charge in [-0.2, -0.15) is 0 Å². The molecule has 2 aromatic carbocycles. The molecule has 0 bridgehead atoms. The SMILES string of the molecule is O=C(Nc1ccccc1)c1ccc(Br)cc1. The second-order valence-corrected chi connectivity index (χ2v) is 4.24. The molecule has 0 unspecified atom stereocenters. The molecule has 16 heavy (non-hydrogen) atoms. The van der Waals surface area contributed by atoms with E-state index in [1.807, 2.05) is 42.5 Å². The van der Waals surface area contributed by atoms with E-state index in [2.05, 4.69) is 21.2 Å². The van der Waals surface area contributed by atoms with Crippen molar-refractivity contribution in [2.24, 2.45) is 0 Å². The summed E-state index contributed by atoms with van der Waals surface area (Å²) in [5.74, 6) is -0.0984. The lowest BCUT2D eigenvalue weighted by Crippen LogP contribution is -2.11. The molecular formula is C13H10BrNO. The summed E-state index contributed by atoms with van der Waals surface area (Å²) in [4.78, 5) is 11.8. The molecule has 0 aliphatic carbocycles. The highest BCUT2D eigenvalue weighted by molar-refractivity contribution is 9.10. The van der Waals surface area contributed by atoms with E-state index in [0.29, 0.717) is 5.56 Å². The minimum Gasteiger partial charge on any atom is -0.322 e. The fraction of sp³-hybridized carbons (Fsp3) is 0. The molecule has 2 nitrogen and oxygen atoms in total. The highest BCUT2D eigenvalue weighted by atomic mass is 79.9. The molecule has 0 radical (unpaired) electrons. The van der Waals surface area contributed by atoms with E-state index in [0.717, 1.165) is 10.2 Å². The van der Waals surface area contributed by atoms with Gasteiger partial charge in [-0.1, -0.05) is 34.1 Å². The summed E-state index contributed by atoms with van der Waals surface area (Å²) in [6.45, 7) is 0. The topological polar surface area (TPSA) is 29.1 Å². The first-order chi connectivity index (χ1) is 7.75. The van der Waals surface area contributed by atoms with E-state index in [1.54, 1.807) is 12.1 Å². The molecule has 80 valence electrons. The van der Waals surface area contributed by atoms with Crippen LogP contribution in [0.15, 0.2) is 59.1 Å². The molecule has 1 amide bonds. The van der Waals surface area contributed by atoms with Crippen molar-refractivity contribution in [2.45, 2.75) is 0 Å². The summed E-state index contributed by atoms with van der Waals surface area (Å²) in [6, 6.07) is 16.7. The van der Waals surface area contributed by atoms with Crippen LogP contribution in [0.4, 0.5) is 5.69 Å². The van der Waals surface area contributed by atoms with E-state index in [-0.39, 0.29) is 5.91 Å². The Hall–Kier alpha value is -1.61. The summed E-state index contributed by atoms with van der Waals surface area (Å²) < 4.78 is 0.962. The van der Waals surface area contributed by atoms with Crippen LogP contribution in [0.25, 0.3) is 0 Å². The van der Waals surface area contributed by atoms with Crippen LogP contribution in [0.3, 0.4) is 0 Å². The number of carbonyl (C=O) groups is 1. The van der Waals surface area contributed by atoms with Gasteiger partial charge < -0.3 is 5.32 Å². The number of benzene rings is 2. The fourth-order valence-electron chi connectivity index (χ4n) is 1.33. The van der Waals surface area contributed by atoms with Crippen molar-refractivity contribution in [1.29, 1.82) is 0 Å². The van der Waals surface area contributed by atoms with Crippen molar-refractivity contribution in [3.8, 4) is 0 Å². The standard InChI is InChI=1S/C13H10BrNO/c14-11-8-6-10(7-9-11)13(16)15-12-4-2-1-3-5-12/h1-9H,(H,15,16). The van der Waals surface area contributed by atoms with Gasteiger partial charge in [-0.25, -0.2) is 0 Å². The van der Waals surface area contributed by atoms with E-state index >= 15 is 0 Å². The van der Waals surface area contributed by atoms with Gasteiger partial charge in [-0.3, -0.25) is 4.79 Å². The van der Waals surface area contributed by atoms with Crippen LogP contribution in [0.1, 0.15) is 10.4 Å². The first kappa shape index (κ1) is 10.9. The maximum atomic E-state index is 11.8. The van der Waals surface area contributed by atoms with Crippen molar-refractivity contribution < 1.29 is 4.79 Å². The van der Waals surface area contributed by atoms with Gasteiger partial charge in [0.1, 0.15) is 0 Å². The smallest absolute Gasteiger partial charge is 0.255 e. The molecule has 1 N–H and O–H groups in total. The lowest BCUT2D eigenvalue weighted by molar-refractivity contribution is 0.102. The number of rotatable bonds is 2. The van der Waals surface area contributed by atoms with Crippen LogP contribution in [-0.4, -0.2) is 5.91 Å². The molecule has 0 aromatic heterocycles. The van der Waals surface area contributed by atoms with Crippen LogP contribution in [0, 0.1) is 0 Å². The van der Waals surface area contributed by atoms with Gasteiger partial charge in [-0.15, -0.1) is 0 Å². The van der Waals surface area contributed by atoms with Crippen LogP contribution >= 0.6 is 15.9 Å². The zero-order valence-electron chi connectivity index (χ0n) is 8.48. The van der Waals surface area contributed by atoms with Gasteiger partial charge in [0, 0.05) is 15.7 Å². The quantitative estimate of drug-likeness (QED) is 0.890. The van der Waals surface area contributed by atoms with Crippen LogP contribution in [0.2, 0.25) is 0 Å². The van der Waals surface area contributed by atoms with Crippen molar-refractivity contribution >= 4 is 27.5 Å². The summed E-state index contributed by atoms with van der Waals surface area (Å²) in [5, 5.41) is 2.82. The Morgan fingerprint density at radius 3 is 2.19 bits per heavy atom. The molecule has 3 heteroatoms. The van der Waals surface area contributed by atoms with E-state index in [4.69, 9.17) is 0 Å². The Morgan fingerprint density at radius 1 is 0.938 bits per heavy atom. The number of carbonyl (C=O) groups excluding carboxylic acids is 1. The second-order valence-electron chi connectivity index (χ2n) is 3.33. The molecule has 0 atom stereocenters. The maximum Gasteiger partial charge on any atom is 0.255 e. The first-order valence-corrected chi connectivity index (χ1v) is 5.67. The molecule has 0 spiro atoms. The Kier molecular flexibility index (Phi) is 3.37. The van der Waals surface area contributed by atoms with Gasteiger partial charge in [0.05, 0.1) is 0 Å². The van der Waals surface area contributed by atoms with Gasteiger partial charge >= 0.3 is 0 Å². The van der Waals surface area contributed by atoms with E-state index in [9.17, 15) is 4.79 Å². The van der Waals surface area contributed by atoms with Crippen LogP contribution < -0.4 is 5.32 Å². The number of nitrogens with one attached hydrogen (secondary N) is 1. The normalized spacial score (nSPS) is 9.81. The Labute approximate surface area is 102 Å². The third kappa shape index (κ3) is 2.70. The van der Waals surface area contributed by atoms with Crippen molar-refractivity contribution in [1.82, 2.24) is 0 Å². The minimum atomic E-state index is -0.0984. The molecule has 0 saturated heterocycles. The van der Waals surface area contributed by atoms with Gasteiger partial charge in [0.15, 0.2) is 0 Å². The zero-order valence-corrected chi connectivity index (χ0v) is 10.1. The number of anilines is 1. The Balaban J connectivity index is 2.12. The predicted molar refractivity (Wildman–Crippen MR) is 68.5 cm³/mol. The zero-order chi connectivity index (χ0) is 11.4. The van der Waals surface area contributed by atoms with Crippen LogP contribution in [0.5, 0.6) is 0 Å². The summed E-state index contributed by atoms with van der Waals surface area (Å²) >= 11 is 3.33. The third-order valence-corrected chi connectivity index (χ3v) is 2.67. The number of amides is 1. The lowest BCUT2D eigenvalue weighted by Gasteiger charge is -2.04. The minimum absolute atomic E-state index is 0.0984. The van der Waals surface area contributed by atoms with Gasteiger partial charge in [0.25, 0.3) is 5.91 Å². The molecule has 0 saturated carbocycles. The third-order valence-electron chi connectivity index (χ3n) is 2.14. The lowest BCUT2D eigenvalue weighted by atomic mass is 10.2. The number of hydrogen-bond acceptors (Lipinski definition) is 1. The van der Waals surface area contributed by atoms with Crippen molar-refractivity contribution in [2.75, 3.05) is 5.32 Å². The van der Waals surface area contributed by atoms with E-state index < -0.39 is 0 Å². The maximum absolute atomic E-state index is 11.8. The summed E-state index contributed by atoms with van der Waals surface area (Å²) in [6.07, 6.45) is 0. The Morgan fingerprint density at radius 2 is 1.56 bits per heavy atom. The highest BCUT2D eigenvalue weighted by Gasteiger charge is 2.04. The van der Waals surface area contributed by atoms with E-state index in [1.165, 1.54) is 0 Å². The summed E-state index contributed by atoms with van der Waals surface area (Å²) in [5.41, 5.74) is 1.45. The highest BCUT2D eigenvalue weighted by Crippen LogP contribution is 2.12. The number of hydrogen-bond donors (Lipinski definition) is 1. The monoisotopic (exact) mass is 275 g/mol. The van der Waals surface area contributed by atoms with Crippen molar-refractivity contribution in [3.05, 3.63) is 64.6 Å². The average molecular weight is 276 g/mol. The number of halogens is 1. The van der Waals surface area contributed by atoms with Crippen molar-refractivity contribution in [3.63, 3.8) is 0 Å². The van der Waals surface area contributed by atoms with Gasteiger partial charge in [-0.05, 0) is 36.4 Å². The fourth-order valence-corrected chi connectivity index (χ4v) is 1.59. The molecule has 2 rings (SSSR count). The number of para-hydroxylation sites is 1. The predicted octanol–water partition coefficient (Wildman–Crippen LogP) is 3.70. The molecule has 0 aliphatic heterocycles. The molecule has 0 aliphatic rings. The Bertz CT molecular complexity index is 479. The summed E-state index contributed by atoms with van der Waals surface area (Å²) in [7, 11) is 0. The molecule has 0 heterocycles. The first-order valence-electron chi connectivity index (χ1n) is 4.88. The molecule has 2 aromatic rings. The van der Waals surface area contributed by atoms with Gasteiger partial charge in [0.2, 0.25) is 0 Å². The second kappa shape index (κ2) is 4.94. The molecular weight excluding hydrogens is 266 g/mol. The average Bonchev–Trinajstić information content (AvgIpc) is 2.31. The van der Waals surface area contributed by atoms with Crippen LogP contribution in [-0.2, 0) is 0 Å². The largest absolute Gasteiger partial charge is 0.322 e. The molecule has 0 fully saturated rings.